The Labute approximate surface area is 96.1 Å². The smallest absolute Gasteiger partial charge is 0.338 e. The molecule has 0 aromatic heterocycles. The number of hydrogen-bond donors (Lipinski definition) is 2. The molecular formula is C11H21NO4. The average Bonchev–Trinajstić information content (AvgIpc) is 2.27. The zero-order chi connectivity index (χ0) is 12.2. The minimum absolute atomic E-state index is 0.0732. The summed E-state index contributed by atoms with van der Waals surface area (Å²) in [4.78, 5) is 11.3. The minimum atomic E-state index is -1.48. The van der Waals surface area contributed by atoms with Gasteiger partial charge < -0.3 is 19.9 Å². The second kappa shape index (κ2) is 5.12. The zero-order valence-electron chi connectivity index (χ0n) is 10.2. The Morgan fingerprint density at radius 1 is 1.56 bits per heavy atom. The van der Waals surface area contributed by atoms with Gasteiger partial charge >= 0.3 is 5.97 Å². The van der Waals surface area contributed by atoms with Crippen LogP contribution in [-0.2, 0) is 14.3 Å². The van der Waals surface area contributed by atoms with Crippen molar-refractivity contribution >= 4 is 5.97 Å². The first-order valence-corrected chi connectivity index (χ1v) is 5.53. The van der Waals surface area contributed by atoms with Crippen LogP contribution in [0.2, 0.25) is 0 Å². The molecule has 0 spiro atoms. The molecule has 1 fully saturated rings. The highest BCUT2D eigenvalue weighted by Crippen LogP contribution is 2.20. The number of methoxy groups -OCH3 is 1. The van der Waals surface area contributed by atoms with Crippen LogP contribution in [-0.4, -0.2) is 49.1 Å². The largest absolute Gasteiger partial charge is 0.467 e. The fraction of sp³-hybridized carbons (Fsp3) is 0.909. The van der Waals surface area contributed by atoms with Crippen LogP contribution in [0.3, 0.4) is 0 Å². The first kappa shape index (κ1) is 13.4. The Hall–Kier alpha value is -0.650. The second-order valence-electron chi connectivity index (χ2n) is 4.79. The number of ether oxygens (including phenoxy) is 2. The van der Waals surface area contributed by atoms with Gasteiger partial charge in [-0.05, 0) is 26.7 Å². The van der Waals surface area contributed by atoms with Gasteiger partial charge in [0, 0.05) is 25.3 Å². The molecule has 16 heavy (non-hydrogen) atoms. The highest BCUT2D eigenvalue weighted by molar-refractivity contribution is 5.78. The highest BCUT2D eigenvalue weighted by Gasteiger charge is 2.35. The van der Waals surface area contributed by atoms with Crippen molar-refractivity contribution in [1.82, 2.24) is 5.32 Å². The van der Waals surface area contributed by atoms with Crippen molar-refractivity contribution in [2.24, 2.45) is 0 Å². The number of esters is 1. The number of hydrogen-bond acceptors (Lipinski definition) is 5. The van der Waals surface area contributed by atoms with Crippen molar-refractivity contribution in [3.05, 3.63) is 0 Å². The van der Waals surface area contributed by atoms with Crippen molar-refractivity contribution in [3.8, 4) is 0 Å². The SMILES string of the molecule is COC(=O)C(C)(O)CNC1(C)CCOCC1. The molecule has 0 radical (unpaired) electrons. The van der Waals surface area contributed by atoms with E-state index in [1.807, 2.05) is 0 Å². The molecule has 5 heteroatoms. The lowest BCUT2D eigenvalue weighted by atomic mass is 9.91. The van der Waals surface area contributed by atoms with Gasteiger partial charge in [-0.25, -0.2) is 4.79 Å². The second-order valence-corrected chi connectivity index (χ2v) is 4.79. The van der Waals surface area contributed by atoms with E-state index in [2.05, 4.69) is 17.0 Å². The van der Waals surface area contributed by atoms with Gasteiger partial charge in [0.1, 0.15) is 0 Å². The third-order valence-electron chi connectivity index (χ3n) is 3.08. The zero-order valence-corrected chi connectivity index (χ0v) is 10.2. The summed E-state index contributed by atoms with van der Waals surface area (Å²) in [7, 11) is 1.27. The van der Waals surface area contributed by atoms with Gasteiger partial charge in [-0.2, -0.15) is 0 Å². The molecule has 0 amide bonds. The van der Waals surface area contributed by atoms with E-state index in [1.54, 1.807) is 0 Å². The lowest BCUT2D eigenvalue weighted by Gasteiger charge is -2.36. The first-order chi connectivity index (χ1) is 7.40. The van der Waals surface area contributed by atoms with Gasteiger partial charge in [0.2, 0.25) is 0 Å². The Kier molecular flexibility index (Phi) is 4.29. The van der Waals surface area contributed by atoms with Gasteiger partial charge in [-0.15, -0.1) is 0 Å². The number of aliphatic hydroxyl groups is 1. The van der Waals surface area contributed by atoms with Crippen LogP contribution >= 0.6 is 0 Å². The van der Waals surface area contributed by atoms with Crippen LogP contribution in [0, 0.1) is 0 Å². The van der Waals surface area contributed by atoms with E-state index in [-0.39, 0.29) is 12.1 Å². The number of rotatable bonds is 4. The monoisotopic (exact) mass is 231 g/mol. The van der Waals surface area contributed by atoms with Crippen LogP contribution in [0.25, 0.3) is 0 Å². The molecule has 1 rings (SSSR count). The van der Waals surface area contributed by atoms with Gasteiger partial charge in [-0.3, -0.25) is 0 Å². The molecule has 0 bridgehead atoms. The van der Waals surface area contributed by atoms with Gasteiger partial charge in [0.25, 0.3) is 0 Å². The predicted octanol–water partition coefficient (Wildman–Crippen LogP) is 0.0691. The van der Waals surface area contributed by atoms with Crippen molar-refractivity contribution < 1.29 is 19.4 Å². The maximum Gasteiger partial charge on any atom is 0.338 e. The Bertz CT molecular complexity index is 246. The number of nitrogens with one attached hydrogen (secondary N) is 1. The summed E-state index contributed by atoms with van der Waals surface area (Å²) in [5, 5.41) is 13.1. The third-order valence-corrected chi connectivity index (χ3v) is 3.08. The van der Waals surface area contributed by atoms with Crippen LogP contribution in [0.4, 0.5) is 0 Å². The molecule has 5 nitrogen and oxygen atoms in total. The maximum atomic E-state index is 11.3. The molecule has 0 aliphatic carbocycles. The fourth-order valence-electron chi connectivity index (χ4n) is 1.68. The normalized spacial score (nSPS) is 23.5. The molecule has 1 heterocycles. The summed E-state index contributed by atoms with van der Waals surface area (Å²) < 4.78 is 9.81. The summed E-state index contributed by atoms with van der Waals surface area (Å²) in [5.41, 5.74) is -1.55. The summed E-state index contributed by atoms with van der Waals surface area (Å²) in [5.74, 6) is -0.615. The average molecular weight is 231 g/mol. The Morgan fingerprint density at radius 2 is 2.12 bits per heavy atom. The molecule has 2 N–H and O–H groups in total. The first-order valence-electron chi connectivity index (χ1n) is 5.53. The predicted molar refractivity (Wildman–Crippen MR) is 59.1 cm³/mol. The maximum absolute atomic E-state index is 11.3. The molecule has 1 aliphatic heterocycles. The van der Waals surface area contributed by atoms with E-state index in [4.69, 9.17) is 4.74 Å². The third kappa shape index (κ3) is 3.43. The van der Waals surface area contributed by atoms with Crippen molar-refractivity contribution in [3.63, 3.8) is 0 Å². The van der Waals surface area contributed by atoms with Crippen molar-refractivity contribution in [2.45, 2.75) is 37.8 Å². The number of β-amino-alcohol motifs (C(OH)–C–C–N with tert-alkyl or cyclic N) is 1. The number of carbonyl (C=O) groups is 1. The highest BCUT2D eigenvalue weighted by atomic mass is 16.5. The van der Waals surface area contributed by atoms with Gasteiger partial charge in [0.05, 0.1) is 7.11 Å². The van der Waals surface area contributed by atoms with Crippen molar-refractivity contribution in [2.75, 3.05) is 26.9 Å². The van der Waals surface area contributed by atoms with Crippen LogP contribution in [0.5, 0.6) is 0 Å². The van der Waals surface area contributed by atoms with E-state index in [9.17, 15) is 9.90 Å². The summed E-state index contributed by atoms with van der Waals surface area (Å²) >= 11 is 0. The minimum Gasteiger partial charge on any atom is -0.467 e. The quantitative estimate of drug-likeness (QED) is 0.670. The molecule has 1 unspecified atom stereocenters. The lowest BCUT2D eigenvalue weighted by molar-refractivity contribution is -0.160. The summed E-state index contributed by atoms with van der Waals surface area (Å²) in [6.07, 6.45) is 1.76. The fourth-order valence-corrected chi connectivity index (χ4v) is 1.68. The van der Waals surface area contributed by atoms with Crippen LogP contribution in [0.1, 0.15) is 26.7 Å². The molecule has 0 saturated carbocycles. The summed E-state index contributed by atoms with van der Waals surface area (Å²) in [6.45, 7) is 5.14. The van der Waals surface area contributed by atoms with Crippen LogP contribution < -0.4 is 5.32 Å². The molecule has 1 saturated heterocycles. The number of carbonyl (C=O) groups excluding carboxylic acids is 1. The molecule has 0 aromatic carbocycles. The topological polar surface area (TPSA) is 67.8 Å². The van der Waals surface area contributed by atoms with E-state index in [0.29, 0.717) is 13.2 Å². The molecule has 1 aliphatic rings. The molecule has 1 atom stereocenters. The molecular weight excluding hydrogens is 210 g/mol. The van der Waals surface area contributed by atoms with Crippen LogP contribution in [0.15, 0.2) is 0 Å². The van der Waals surface area contributed by atoms with Gasteiger partial charge in [0.15, 0.2) is 5.60 Å². The molecule has 0 aromatic rings. The van der Waals surface area contributed by atoms with Crippen molar-refractivity contribution in [1.29, 1.82) is 0 Å². The molecule has 94 valence electrons. The van der Waals surface area contributed by atoms with E-state index < -0.39 is 11.6 Å². The van der Waals surface area contributed by atoms with Gasteiger partial charge in [-0.1, -0.05) is 0 Å². The standard InChI is InChI=1S/C11H21NO4/c1-10(4-6-16-7-5-10)12-8-11(2,14)9(13)15-3/h12,14H,4-8H2,1-3H3. The summed E-state index contributed by atoms with van der Waals surface area (Å²) in [6, 6.07) is 0. The van der Waals surface area contributed by atoms with E-state index in [1.165, 1.54) is 14.0 Å². The Balaban J connectivity index is 2.46. The lowest BCUT2D eigenvalue weighted by Crippen LogP contribution is -2.54. The Morgan fingerprint density at radius 3 is 2.62 bits per heavy atom. The van der Waals surface area contributed by atoms with E-state index in [0.717, 1.165) is 12.8 Å². The van der Waals surface area contributed by atoms with E-state index >= 15 is 0 Å².